The summed E-state index contributed by atoms with van der Waals surface area (Å²) in [6, 6.07) is 3.65. The van der Waals surface area contributed by atoms with Crippen molar-refractivity contribution < 1.29 is 24.2 Å². The van der Waals surface area contributed by atoms with Crippen molar-refractivity contribution in [2.24, 2.45) is 0 Å². The number of hydrogen-bond acceptors (Lipinski definition) is 6. The topological polar surface area (TPSA) is 108 Å². The molecule has 0 aliphatic rings. The molecular formula is C22H35N3O5S. The van der Waals surface area contributed by atoms with Gasteiger partial charge in [-0.1, -0.05) is 12.1 Å². The first-order valence-corrected chi connectivity index (χ1v) is 10.9. The van der Waals surface area contributed by atoms with E-state index >= 15 is 0 Å². The Balaban J connectivity index is 3.31. The lowest BCUT2D eigenvalue weighted by atomic mass is 10.0. The monoisotopic (exact) mass is 453 g/mol. The molecule has 1 aromatic rings. The molecule has 8 nitrogen and oxygen atoms in total. The number of benzene rings is 1. The third-order valence-electron chi connectivity index (χ3n) is 4.15. The third-order valence-corrected chi connectivity index (χ3v) is 4.51. The average Bonchev–Trinajstić information content (AvgIpc) is 2.62. The van der Waals surface area contributed by atoms with Gasteiger partial charge in [0.2, 0.25) is 11.8 Å². The van der Waals surface area contributed by atoms with Gasteiger partial charge < -0.3 is 25.4 Å². The quantitative estimate of drug-likeness (QED) is 0.453. The number of nitrogens with one attached hydrogen (secondary N) is 2. The SMILES string of the molecule is CC(C)NC(=O)C(c1ccc(O)cc1)N(C(=O)C(CS)NC(=O)OC(C)(C)C)C(C)C. The predicted molar refractivity (Wildman–Crippen MR) is 123 cm³/mol. The molecule has 3 amide bonds. The minimum atomic E-state index is -0.993. The lowest BCUT2D eigenvalue weighted by molar-refractivity contribution is -0.144. The fraction of sp³-hybridized carbons (Fsp3) is 0.591. The maximum atomic E-state index is 13.5. The highest BCUT2D eigenvalue weighted by Crippen LogP contribution is 2.26. The first kappa shape index (κ1) is 26.6. The molecule has 174 valence electrons. The summed E-state index contributed by atoms with van der Waals surface area (Å²) in [7, 11) is 0. The van der Waals surface area contributed by atoms with Crippen LogP contribution in [0.2, 0.25) is 0 Å². The van der Waals surface area contributed by atoms with E-state index in [1.54, 1.807) is 46.8 Å². The van der Waals surface area contributed by atoms with Gasteiger partial charge in [0.05, 0.1) is 0 Å². The summed E-state index contributed by atoms with van der Waals surface area (Å²) in [5.41, 5.74) is -0.189. The molecule has 1 rings (SSSR count). The third kappa shape index (κ3) is 8.32. The molecule has 0 spiro atoms. The zero-order chi connectivity index (χ0) is 23.9. The first-order valence-electron chi connectivity index (χ1n) is 10.3. The highest BCUT2D eigenvalue weighted by atomic mass is 32.1. The van der Waals surface area contributed by atoms with Crippen molar-refractivity contribution in [1.29, 1.82) is 0 Å². The zero-order valence-corrected chi connectivity index (χ0v) is 20.2. The first-order chi connectivity index (χ1) is 14.3. The van der Waals surface area contributed by atoms with Crippen LogP contribution in [0.4, 0.5) is 4.79 Å². The number of nitrogens with zero attached hydrogens (tertiary/aromatic N) is 1. The summed E-state index contributed by atoms with van der Waals surface area (Å²) in [4.78, 5) is 40.2. The highest BCUT2D eigenvalue weighted by molar-refractivity contribution is 7.80. The fourth-order valence-electron chi connectivity index (χ4n) is 2.95. The molecule has 2 atom stereocenters. The van der Waals surface area contributed by atoms with Crippen molar-refractivity contribution in [2.45, 2.75) is 78.2 Å². The van der Waals surface area contributed by atoms with E-state index in [4.69, 9.17) is 4.74 Å². The summed E-state index contributed by atoms with van der Waals surface area (Å²) in [5, 5.41) is 15.0. The summed E-state index contributed by atoms with van der Waals surface area (Å²) >= 11 is 4.23. The highest BCUT2D eigenvalue weighted by Gasteiger charge is 2.37. The Bertz CT molecular complexity index is 759. The molecule has 0 aromatic heterocycles. The van der Waals surface area contributed by atoms with Gasteiger partial charge in [-0.15, -0.1) is 0 Å². The smallest absolute Gasteiger partial charge is 0.408 e. The molecule has 3 N–H and O–H groups in total. The number of phenolic OH excluding ortho intramolecular Hbond substituents is 1. The van der Waals surface area contributed by atoms with E-state index < -0.39 is 29.7 Å². The minimum absolute atomic E-state index is 0.0232. The van der Waals surface area contributed by atoms with E-state index in [2.05, 4.69) is 23.3 Å². The van der Waals surface area contributed by atoms with E-state index in [1.807, 2.05) is 13.8 Å². The van der Waals surface area contributed by atoms with Gasteiger partial charge in [-0.25, -0.2) is 4.79 Å². The normalized spacial score (nSPS) is 13.5. The molecule has 0 saturated heterocycles. The van der Waals surface area contributed by atoms with Gasteiger partial charge in [0, 0.05) is 17.8 Å². The van der Waals surface area contributed by atoms with Gasteiger partial charge in [0.1, 0.15) is 23.4 Å². The lowest BCUT2D eigenvalue weighted by Crippen LogP contribution is -2.56. The second kappa shape index (κ2) is 11.3. The minimum Gasteiger partial charge on any atom is -0.508 e. The van der Waals surface area contributed by atoms with Gasteiger partial charge in [-0.05, 0) is 66.2 Å². The second-order valence-corrected chi connectivity index (χ2v) is 9.24. The van der Waals surface area contributed by atoms with Gasteiger partial charge in [-0.2, -0.15) is 12.6 Å². The Morgan fingerprint density at radius 1 is 1.06 bits per heavy atom. The lowest BCUT2D eigenvalue weighted by Gasteiger charge is -2.37. The number of phenols is 1. The number of hydrogen-bond donors (Lipinski definition) is 4. The van der Waals surface area contributed by atoms with Crippen LogP contribution in [0.3, 0.4) is 0 Å². The fourth-order valence-corrected chi connectivity index (χ4v) is 3.20. The largest absolute Gasteiger partial charge is 0.508 e. The van der Waals surface area contributed by atoms with Crippen LogP contribution in [0.25, 0.3) is 0 Å². The van der Waals surface area contributed by atoms with E-state index in [1.165, 1.54) is 17.0 Å². The number of rotatable bonds is 8. The van der Waals surface area contributed by atoms with Gasteiger partial charge in [0.15, 0.2) is 0 Å². The van der Waals surface area contributed by atoms with Crippen molar-refractivity contribution in [3.8, 4) is 5.75 Å². The molecule has 1 aromatic carbocycles. The molecule has 9 heteroatoms. The van der Waals surface area contributed by atoms with Crippen LogP contribution in [0.1, 0.15) is 60.1 Å². The number of thiol groups is 1. The van der Waals surface area contributed by atoms with E-state index in [-0.39, 0.29) is 29.5 Å². The Morgan fingerprint density at radius 2 is 1.61 bits per heavy atom. The Morgan fingerprint density at radius 3 is 2.03 bits per heavy atom. The van der Waals surface area contributed by atoms with Crippen molar-refractivity contribution >= 4 is 30.5 Å². The van der Waals surface area contributed by atoms with Crippen LogP contribution < -0.4 is 10.6 Å². The summed E-state index contributed by atoms with van der Waals surface area (Å²) in [6.07, 6.45) is -0.739. The molecule has 0 aliphatic carbocycles. The average molecular weight is 454 g/mol. The van der Waals surface area contributed by atoms with Crippen LogP contribution in [0.5, 0.6) is 5.75 Å². The number of amides is 3. The maximum Gasteiger partial charge on any atom is 0.408 e. The molecule has 2 unspecified atom stereocenters. The second-order valence-electron chi connectivity index (χ2n) is 8.88. The van der Waals surface area contributed by atoms with Gasteiger partial charge in [-0.3, -0.25) is 9.59 Å². The number of ether oxygens (including phenoxy) is 1. The molecular weight excluding hydrogens is 418 g/mol. The van der Waals surface area contributed by atoms with Crippen LogP contribution in [0.15, 0.2) is 24.3 Å². The molecule has 0 aliphatic heterocycles. The number of aromatic hydroxyl groups is 1. The van der Waals surface area contributed by atoms with Crippen molar-refractivity contribution in [1.82, 2.24) is 15.5 Å². The van der Waals surface area contributed by atoms with Crippen molar-refractivity contribution in [3.05, 3.63) is 29.8 Å². The Hall–Kier alpha value is -2.42. The number of alkyl carbamates (subject to hydrolysis) is 1. The number of carbonyl (C=O) groups excluding carboxylic acids is 3. The summed E-state index contributed by atoms with van der Waals surface area (Å²) in [6.45, 7) is 12.4. The van der Waals surface area contributed by atoms with Crippen molar-refractivity contribution in [3.63, 3.8) is 0 Å². The van der Waals surface area contributed by atoms with Crippen LogP contribution in [0, 0.1) is 0 Å². The van der Waals surface area contributed by atoms with Crippen molar-refractivity contribution in [2.75, 3.05) is 5.75 Å². The molecule has 0 radical (unpaired) electrons. The molecule has 0 saturated carbocycles. The van der Waals surface area contributed by atoms with E-state index in [0.717, 1.165) is 0 Å². The molecule has 0 fully saturated rings. The number of carbonyl (C=O) groups is 3. The molecule has 0 heterocycles. The summed E-state index contributed by atoms with van der Waals surface area (Å²) < 4.78 is 5.26. The standard InChI is InChI=1S/C22H35N3O5S/c1-13(2)23-19(27)18(15-8-10-16(26)11-9-15)25(14(3)4)20(28)17(12-31)24-21(29)30-22(5,6)7/h8-11,13-14,17-18,26,31H,12H2,1-7H3,(H,23,27)(H,24,29). The Labute approximate surface area is 190 Å². The van der Waals surface area contributed by atoms with E-state index in [0.29, 0.717) is 5.56 Å². The Kier molecular flexibility index (Phi) is 9.68. The van der Waals surface area contributed by atoms with Gasteiger partial charge >= 0.3 is 6.09 Å². The molecule has 31 heavy (non-hydrogen) atoms. The predicted octanol–water partition coefficient (Wildman–Crippen LogP) is 3.02. The van der Waals surface area contributed by atoms with Crippen LogP contribution in [-0.2, 0) is 14.3 Å². The van der Waals surface area contributed by atoms with Crippen LogP contribution in [-0.4, -0.2) is 57.4 Å². The molecule has 0 bridgehead atoms. The van der Waals surface area contributed by atoms with Crippen LogP contribution >= 0.6 is 12.6 Å². The summed E-state index contributed by atoms with van der Waals surface area (Å²) in [5.74, 6) is -0.755. The van der Waals surface area contributed by atoms with Gasteiger partial charge in [0.25, 0.3) is 0 Å². The maximum absolute atomic E-state index is 13.5. The zero-order valence-electron chi connectivity index (χ0n) is 19.3. The van der Waals surface area contributed by atoms with E-state index in [9.17, 15) is 19.5 Å².